The first kappa shape index (κ1) is 14.5. The van der Waals surface area contributed by atoms with Crippen LogP contribution in [-0.4, -0.2) is 28.9 Å². The molecule has 20 heavy (non-hydrogen) atoms. The van der Waals surface area contributed by atoms with Gasteiger partial charge in [0.25, 0.3) is 10.0 Å². The lowest BCUT2D eigenvalue weighted by Gasteiger charge is -2.06. The average Bonchev–Trinajstić information content (AvgIpc) is 3.00. The Bertz CT molecular complexity index is 706. The molecule has 0 aliphatic rings. The van der Waals surface area contributed by atoms with E-state index in [0.29, 0.717) is 17.1 Å². The van der Waals surface area contributed by atoms with Crippen LogP contribution in [0.1, 0.15) is 5.56 Å². The molecule has 0 saturated heterocycles. The zero-order valence-electron chi connectivity index (χ0n) is 10.9. The zero-order valence-corrected chi connectivity index (χ0v) is 12.6. The van der Waals surface area contributed by atoms with Crippen LogP contribution in [0, 0.1) is 0 Å². The summed E-state index contributed by atoms with van der Waals surface area (Å²) in [6.45, 7) is 0. The predicted octanol–water partition coefficient (Wildman–Crippen LogP) is 2.57. The lowest BCUT2D eigenvalue weighted by molar-refractivity contribution is 0.402. The van der Waals surface area contributed by atoms with Crippen LogP contribution in [0.3, 0.4) is 0 Å². The molecule has 2 rings (SSSR count). The summed E-state index contributed by atoms with van der Waals surface area (Å²) in [7, 11) is -0.628. The van der Waals surface area contributed by atoms with Crippen LogP contribution >= 0.6 is 11.3 Å². The fourth-order valence-electron chi connectivity index (χ4n) is 1.53. The van der Waals surface area contributed by atoms with Gasteiger partial charge < -0.3 is 9.47 Å². The third kappa shape index (κ3) is 3.17. The maximum atomic E-state index is 12.0. The number of benzene rings is 1. The van der Waals surface area contributed by atoms with Crippen molar-refractivity contribution in [3.63, 3.8) is 0 Å². The van der Waals surface area contributed by atoms with Crippen LogP contribution in [0.4, 0.5) is 0 Å². The van der Waals surface area contributed by atoms with Gasteiger partial charge in [0.15, 0.2) is 0 Å². The second-order valence-electron chi connectivity index (χ2n) is 3.75. The van der Waals surface area contributed by atoms with Gasteiger partial charge in [-0.1, -0.05) is 6.07 Å². The maximum Gasteiger partial charge on any atom is 0.291 e. The Morgan fingerprint density at radius 2 is 2.00 bits per heavy atom. The van der Waals surface area contributed by atoms with E-state index in [9.17, 15) is 8.42 Å². The topological polar surface area (TPSA) is 65.0 Å². The molecule has 0 aliphatic heterocycles. The van der Waals surface area contributed by atoms with Crippen molar-refractivity contribution in [3.8, 4) is 11.5 Å². The third-order valence-electron chi connectivity index (χ3n) is 2.52. The molecular formula is C13H13NO4S2. The predicted molar refractivity (Wildman–Crippen MR) is 78.6 cm³/mol. The molecule has 0 aliphatic carbocycles. The van der Waals surface area contributed by atoms with Gasteiger partial charge in [0.05, 0.1) is 20.4 Å². The van der Waals surface area contributed by atoms with E-state index in [4.69, 9.17) is 9.47 Å². The Balaban J connectivity index is 2.36. The Morgan fingerprint density at radius 1 is 1.20 bits per heavy atom. The van der Waals surface area contributed by atoms with E-state index < -0.39 is 10.0 Å². The van der Waals surface area contributed by atoms with Crippen molar-refractivity contribution in [2.45, 2.75) is 4.21 Å². The Morgan fingerprint density at radius 3 is 2.60 bits per heavy atom. The standard InChI is InChI=1S/C13H13NO4S2/c1-17-11-5-6-12(18-2)10(8-11)9-14-20(15,16)13-4-3-7-19-13/h3-9H,1-2H3/b14-9-. The average molecular weight is 311 g/mol. The molecule has 1 heterocycles. The van der Waals surface area contributed by atoms with Crippen LogP contribution in [0.25, 0.3) is 0 Å². The number of hydrogen-bond donors (Lipinski definition) is 0. The fraction of sp³-hybridized carbons (Fsp3) is 0.154. The number of methoxy groups -OCH3 is 2. The van der Waals surface area contributed by atoms with Crippen molar-refractivity contribution in [1.82, 2.24) is 0 Å². The summed E-state index contributed by atoms with van der Waals surface area (Å²) in [6.07, 6.45) is 1.26. The Hall–Kier alpha value is -1.86. The highest BCUT2D eigenvalue weighted by Gasteiger charge is 2.13. The molecule has 0 unspecified atom stereocenters. The molecule has 0 saturated carbocycles. The highest BCUT2D eigenvalue weighted by molar-refractivity contribution is 7.92. The van der Waals surface area contributed by atoms with Gasteiger partial charge in [-0.2, -0.15) is 12.8 Å². The normalized spacial score (nSPS) is 11.7. The second-order valence-corrected chi connectivity index (χ2v) is 6.56. The molecule has 0 N–H and O–H groups in total. The van der Waals surface area contributed by atoms with Gasteiger partial charge in [-0.15, -0.1) is 11.3 Å². The molecule has 5 nitrogen and oxygen atoms in total. The molecule has 0 spiro atoms. The Kier molecular flexibility index (Phi) is 4.41. The van der Waals surface area contributed by atoms with Crippen LogP contribution < -0.4 is 9.47 Å². The second kappa shape index (κ2) is 6.06. The molecule has 0 atom stereocenters. The molecular weight excluding hydrogens is 298 g/mol. The van der Waals surface area contributed by atoms with Crippen molar-refractivity contribution in [3.05, 3.63) is 41.3 Å². The minimum atomic E-state index is -3.67. The smallest absolute Gasteiger partial charge is 0.291 e. The van der Waals surface area contributed by atoms with Gasteiger partial charge in [0.1, 0.15) is 15.7 Å². The van der Waals surface area contributed by atoms with E-state index in [1.54, 1.807) is 29.6 Å². The maximum absolute atomic E-state index is 12.0. The first-order chi connectivity index (χ1) is 9.56. The van der Waals surface area contributed by atoms with E-state index in [2.05, 4.69) is 4.40 Å². The molecule has 106 valence electrons. The SMILES string of the molecule is COc1ccc(OC)c(/C=N\S(=O)(=O)c2cccs2)c1. The number of ether oxygens (including phenoxy) is 2. The number of rotatable bonds is 5. The summed E-state index contributed by atoms with van der Waals surface area (Å²) in [5.74, 6) is 1.12. The van der Waals surface area contributed by atoms with Gasteiger partial charge in [-0.3, -0.25) is 0 Å². The van der Waals surface area contributed by atoms with Gasteiger partial charge in [0.2, 0.25) is 0 Å². The van der Waals surface area contributed by atoms with E-state index in [0.717, 1.165) is 11.3 Å². The lowest BCUT2D eigenvalue weighted by atomic mass is 10.2. The minimum Gasteiger partial charge on any atom is -0.497 e. The van der Waals surface area contributed by atoms with Gasteiger partial charge in [-0.25, -0.2) is 0 Å². The van der Waals surface area contributed by atoms with Gasteiger partial charge in [-0.05, 0) is 29.6 Å². The van der Waals surface area contributed by atoms with E-state index >= 15 is 0 Å². The highest BCUT2D eigenvalue weighted by atomic mass is 32.2. The van der Waals surface area contributed by atoms with Gasteiger partial charge >= 0.3 is 0 Å². The lowest BCUT2D eigenvalue weighted by Crippen LogP contribution is -1.97. The molecule has 7 heteroatoms. The summed E-state index contributed by atoms with van der Waals surface area (Å²) >= 11 is 1.12. The molecule has 2 aromatic rings. The first-order valence-corrected chi connectivity index (χ1v) is 7.94. The van der Waals surface area contributed by atoms with E-state index in [-0.39, 0.29) is 4.21 Å². The highest BCUT2D eigenvalue weighted by Crippen LogP contribution is 2.23. The molecule has 0 radical (unpaired) electrons. The van der Waals surface area contributed by atoms with Crippen LogP contribution in [-0.2, 0) is 10.0 Å². The number of sulfonamides is 1. The van der Waals surface area contributed by atoms with Crippen molar-refractivity contribution in [2.75, 3.05) is 14.2 Å². The van der Waals surface area contributed by atoms with E-state index in [1.807, 2.05) is 0 Å². The van der Waals surface area contributed by atoms with Gasteiger partial charge in [0, 0.05) is 5.56 Å². The minimum absolute atomic E-state index is 0.204. The van der Waals surface area contributed by atoms with Crippen LogP contribution in [0.5, 0.6) is 11.5 Å². The Labute approximate surface area is 121 Å². The van der Waals surface area contributed by atoms with Crippen molar-refractivity contribution >= 4 is 27.6 Å². The first-order valence-electron chi connectivity index (χ1n) is 5.62. The quantitative estimate of drug-likeness (QED) is 0.796. The van der Waals surface area contributed by atoms with Crippen LogP contribution in [0.15, 0.2) is 44.3 Å². The monoisotopic (exact) mass is 311 g/mol. The molecule has 1 aromatic carbocycles. The summed E-state index contributed by atoms with van der Waals surface area (Å²) in [6, 6.07) is 8.26. The summed E-state index contributed by atoms with van der Waals surface area (Å²) in [5, 5.41) is 1.69. The summed E-state index contributed by atoms with van der Waals surface area (Å²) in [4.78, 5) is 0. The molecule has 0 bridgehead atoms. The van der Waals surface area contributed by atoms with Crippen molar-refractivity contribution in [2.24, 2.45) is 4.40 Å². The summed E-state index contributed by atoms with van der Waals surface area (Å²) < 4.78 is 38.1. The van der Waals surface area contributed by atoms with E-state index in [1.165, 1.54) is 26.5 Å². The zero-order chi connectivity index (χ0) is 14.6. The molecule has 0 amide bonds. The van der Waals surface area contributed by atoms with Crippen molar-refractivity contribution < 1.29 is 17.9 Å². The molecule has 0 fully saturated rings. The summed E-state index contributed by atoms with van der Waals surface area (Å²) in [5.41, 5.74) is 0.534. The third-order valence-corrected chi connectivity index (χ3v) is 5.13. The largest absolute Gasteiger partial charge is 0.497 e. The number of thiophene rings is 1. The van der Waals surface area contributed by atoms with Crippen molar-refractivity contribution in [1.29, 1.82) is 0 Å². The molecule has 1 aromatic heterocycles. The number of hydrogen-bond acceptors (Lipinski definition) is 5. The fourth-order valence-corrected chi connectivity index (χ4v) is 3.37. The number of nitrogens with zero attached hydrogens (tertiary/aromatic N) is 1. The van der Waals surface area contributed by atoms with Crippen LogP contribution in [0.2, 0.25) is 0 Å².